The molecule has 0 aromatic rings. The Bertz CT molecular complexity index is 294. The first-order valence-electron chi connectivity index (χ1n) is 8.70. The normalized spacial score (nSPS) is 37.9. The van der Waals surface area contributed by atoms with Crippen molar-refractivity contribution in [2.24, 2.45) is 11.8 Å². The molecule has 0 spiro atoms. The number of hydrogen-bond donors (Lipinski definition) is 1. The monoisotopic (exact) mass is 264 g/mol. The summed E-state index contributed by atoms with van der Waals surface area (Å²) in [6.07, 6.45) is 11.6. The van der Waals surface area contributed by atoms with E-state index in [1.807, 2.05) is 0 Å². The van der Waals surface area contributed by atoms with Crippen LogP contribution in [0.4, 0.5) is 0 Å². The molecule has 2 saturated carbocycles. The quantitative estimate of drug-likeness (QED) is 0.818. The van der Waals surface area contributed by atoms with Gasteiger partial charge in [0.15, 0.2) is 0 Å². The van der Waals surface area contributed by atoms with Crippen LogP contribution in [0.5, 0.6) is 0 Å². The topological polar surface area (TPSA) is 15.3 Å². The van der Waals surface area contributed by atoms with Crippen molar-refractivity contribution < 1.29 is 0 Å². The lowest BCUT2D eigenvalue weighted by Crippen LogP contribution is -2.64. The Labute approximate surface area is 119 Å². The van der Waals surface area contributed by atoms with Crippen LogP contribution in [-0.2, 0) is 0 Å². The third kappa shape index (κ3) is 3.16. The standard InChI is InChI=1S/C17H32N2/c1-3-6-16-11-18-17(2,15-9-10-15)13-19(16)12-14-7-4-5-8-14/h14-16,18H,3-13H2,1-2H3. The second kappa shape index (κ2) is 5.73. The van der Waals surface area contributed by atoms with Crippen molar-refractivity contribution in [1.29, 1.82) is 0 Å². The summed E-state index contributed by atoms with van der Waals surface area (Å²) in [7, 11) is 0. The average Bonchev–Trinajstić information content (AvgIpc) is 3.14. The SMILES string of the molecule is CCCC1CNC(C)(C2CC2)CN1CC1CCCC1. The van der Waals surface area contributed by atoms with Crippen LogP contribution >= 0.6 is 0 Å². The molecule has 3 aliphatic rings. The molecule has 2 atom stereocenters. The Kier molecular flexibility index (Phi) is 4.19. The van der Waals surface area contributed by atoms with E-state index in [1.54, 1.807) is 0 Å². The number of nitrogens with one attached hydrogen (secondary N) is 1. The zero-order valence-electron chi connectivity index (χ0n) is 13.0. The molecular formula is C17H32N2. The molecule has 19 heavy (non-hydrogen) atoms. The molecule has 0 aromatic heterocycles. The Morgan fingerprint density at radius 3 is 2.53 bits per heavy atom. The van der Waals surface area contributed by atoms with Gasteiger partial charge >= 0.3 is 0 Å². The van der Waals surface area contributed by atoms with Gasteiger partial charge in [-0.05, 0) is 50.9 Å². The van der Waals surface area contributed by atoms with Crippen LogP contribution in [0.15, 0.2) is 0 Å². The molecule has 1 saturated heterocycles. The van der Waals surface area contributed by atoms with E-state index >= 15 is 0 Å². The third-order valence-corrected chi connectivity index (χ3v) is 5.86. The second-order valence-electron chi connectivity index (χ2n) is 7.60. The molecule has 0 aromatic carbocycles. The number of hydrogen-bond acceptors (Lipinski definition) is 2. The molecule has 2 heteroatoms. The van der Waals surface area contributed by atoms with E-state index in [2.05, 4.69) is 24.1 Å². The fourth-order valence-corrected chi connectivity index (χ4v) is 4.44. The Morgan fingerprint density at radius 2 is 1.89 bits per heavy atom. The van der Waals surface area contributed by atoms with E-state index in [-0.39, 0.29) is 0 Å². The van der Waals surface area contributed by atoms with Crippen LogP contribution in [-0.4, -0.2) is 36.1 Å². The first-order valence-corrected chi connectivity index (χ1v) is 8.70. The maximum Gasteiger partial charge on any atom is 0.0309 e. The first-order chi connectivity index (χ1) is 9.21. The lowest BCUT2D eigenvalue weighted by Gasteiger charge is -2.47. The van der Waals surface area contributed by atoms with Crippen molar-refractivity contribution >= 4 is 0 Å². The second-order valence-corrected chi connectivity index (χ2v) is 7.60. The summed E-state index contributed by atoms with van der Waals surface area (Å²) in [5, 5.41) is 3.91. The summed E-state index contributed by atoms with van der Waals surface area (Å²) in [5.41, 5.74) is 0.419. The minimum Gasteiger partial charge on any atom is -0.308 e. The number of rotatable bonds is 5. The van der Waals surface area contributed by atoms with Crippen molar-refractivity contribution in [3.63, 3.8) is 0 Å². The fraction of sp³-hybridized carbons (Fsp3) is 1.00. The minimum absolute atomic E-state index is 0.419. The molecule has 1 aliphatic heterocycles. The van der Waals surface area contributed by atoms with Gasteiger partial charge in [0.1, 0.15) is 0 Å². The molecule has 0 radical (unpaired) electrons. The van der Waals surface area contributed by atoms with Gasteiger partial charge in [0.2, 0.25) is 0 Å². The van der Waals surface area contributed by atoms with Gasteiger partial charge in [0.25, 0.3) is 0 Å². The van der Waals surface area contributed by atoms with Gasteiger partial charge in [-0.3, -0.25) is 4.90 Å². The molecular weight excluding hydrogens is 232 g/mol. The minimum atomic E-state index is 0.419. The lowest BCUT2D eigenvalue weighted by atomic mass is 9.89. The van der Waals surface area contributed by atoms with Gasteiger partial charge in [-0.1, -0.05) is 26.2 Å². The molecule has 0 amide bonds. The molecule has 2 nitrogen and oxygen atoms in total. The summed E-state index contributed by atoms with van der Waals surface area (Å²) in [6.45, 7) is 8.73. The van der Waals surface area contributed by atoms with Crippen molar-refractivity contribution in [3.8, 4) is 0 Å². The summed E-state index contributed by atoms with van der Waals surface area (Å²) in [5.74, 6) is 1.96. The predicted octanol–water partition coefficient (Wildman–Crippen LogP) is 3.42. The Morgan fingerprint density at radius 1 is 1.16 bits per heavy atom. The van der Waals surface area contributed by atoms with Gasteiger partial charge < -0.3 is 5.32 Å². The van der Waals surface area contributed by atoms with E-state index in [4.69, 9.17) is 0 Å². The van der Waals surface area contributed by atoms with Crippen LogP contribution in [0, 0.1) is 11.8 Å². The maximum atomic E-state index is 3.91. The smallest absolute Gasteiger partial charge is 0.0309 e. The summed E-state index contributed by atoms with van der Waals surface area (Å²) in [4.78, 5) is 2.87. The van der Waals surface area contributed by atoms with Gasteiger partial charge in [-0.2, -0.15) is 0 Å². The molecule has 0 bridgehead atoms. The first kappa shape index (κ1) is 13.9. The van der Waals surface area contributed by atoms with Crippen LogP contribution in [0.1, 0.15) is 65.2 Å². The highest BCUT2D eigenvalue weighted by Gasteiger charge is 2.46. The highest BCUT2D eigenvalue weighted by Crippen LogP contribution is 2.42. The third-order valence-electron chi connectivity index (χ3n) is 5.86. The van der Waals surface area contributed by atoms with E-state index in [9.17, 15) is 0 Å². The zero-order valence-corrected chi connectivity index (χ0v) is 13.0. The van der Waals surface area contributed by atoms with Crippen molar-refractivity contribution in [3.05, 3.63) is 0 Å². The molecule has 3 rings (SSSR count). The molecule has 1 N–H and O–H groups in total. The highest BCUT2D eigenvalue weighted by molar-refractivity contribution is 5.04. The van der Waals surface area contributed by atoms with Crippen LogP contribution < -0.4 is 5.32 Å². The van der Waals surface area contributed by atoms with Gasteiger partial charge in [-0.25, -0.2) is 0 Å². The van der Waals surface area contributed by atoms with Gasteiger partial charge in [-0.15, -0.1) is 0 Å². The van der Waals surface area contributed by atoms with Gasteiger partial charge in [0.05, 0.1) is 0 Å². The zero-order chi connectivity index (χ0) is 13.3. The Hall–Kier alpha value is -0.0800. The average molecular weight is 264 g/mol. The van der Waals surface area contributed by atoms with Gasteiger partial charge in [0, 0.05) is 31.2 Å². The van der Waals surface area contributed by atoms with Crippen LogP contribution in [0.2, 0.25) is 0 Å². The van der Waals surface area contributed by atoms with Crippen molar-refractivity contribution in [1.82, 2.24) is 10.2 Å². The lowest BCUT2D eigenvalue weighted by molar-refractivity contribution is 0.0574. The van der Waals surface area contributed by atoms with E-state index < -0.39 is 0 Å². The Balaban J connectivity index is 1.63. The maximum absolute atomic E-state index is 3.91. The summed E-state index contributed by atoms with van der Waals surface area (Å²) >= 11 is 0. The largest absolute Gasteiger partial charge is 0.308 e. The van der Waals surface area contributed by atoms with E-state index in [1.165, 1.54) is 71.0 Å². The van der Waals surface area contributed by atoms with Crippen LogP contribution in [0.3, 0.4) is 0 Å². The number of nitrogens with zero attached hydrogens (tertiary/aromatic N) is 1. The van der Waals surface area contributed by atoms with Crippen LogP contribution in [0.25, 0.3) is 0 Å². The van der Waals surface area contributed by atoms with Crippen molar-refractivity contribution in [2.45, 2.75) is 76.8 Å². The summed E-state index contributed by atoms with van der Waals surface area (Å²) in [6, 6.07) is 0.803. The van der Waals surface area contributed by atoms with Crippen molar-refractivity contribution in [2.75, 3.05) is 19.6 Å². The molecule has 2 unspecified atom stereocenters. The molecule has 2 aliphatic carbocycles. The fourth-order valence-electron chi connectivity index (χ4n) is 4.44. The molecule has 3 fully saturated rings. The van der Waals surface area contributed by atoms with E-state index in [0.717, 1.165) is 17.9 Å². The predicted molar refractivity (Wildman–Crippen MR) is 81.4 cm³/mol. The summed E-state index contributed by atoms with van der Waals surface area (Å²) < 4.78 is 0. The number of piperazine rings is 1. The molecule has 110 valence electrons. The molecule has 1 heterocycles. The highest BCUT2D eigenvalue weighted by atomic mass is 15.3. The van der Waals surface area contributed by atoms with E-state index in [0.29, 0.717) is 5.54 Å².